The Balaban J connectivity index is 1.88. The smallest absolute Gasteiger partial charge is 0.0727 e. The molecule has 1 aromatic carbocycles. The van der Waals surface area contributed by atoms with Crippen LogP contribution in [0, 0.1) is 12.8 Å². The summed E-state index contributed by atoms with van der Waals surface area (Å²) in [5, 5.41) is 4.64. The number of benzene rings is 1. The van der Waals surface area contributed by atoms with Crippen LogP contribution < -0.4 is 11.1 Å². The molecule has 1 saturated heterocycles. The Morgan fingerprint density at radius 2 is 2.25 bits per heavy atom. The van der Waals surface area contributed by atoms with Gasteiger partial charge in [-0.1, -0.05) is 0 Å². The molecule has 1 aliphatic rings. The zero-order valence-electron chi connectivity index (χ0n) is 12.0. The number of aryl methyl sites for hydroxylation is 1. The van der Waals surface area contributed by atoms with Crippen LogP contribution in [0.5, 0.6) is 0 Å². The van der Waals surface area contributed by atoms with E-state index in [0.717, 1.165) is 47.5 Å². The number of hydrogen-bond acceptors (Lipinski definition) is 4. The molecule has 0 amide bonds. The predicted octanol–water partition coefficient (Wildman–Crippen LogP) is 2.96. The van der Waals surface area contributed by atoms with E-state index in [2.05, 4.69) is 23.3 Å². The molecule has 0 spiro atoms. The van der Waals surface area contributed by atoms with Gasteiger partial charge in [0, 0.05) is 41.5 Å². The Hall–Kier alpha value is -1.81. The van der Waals surface area contributed by atoms with Crippen LogP contribution in [-0.4, -0.2) is 24.2 Å². The number of pyridine rings is 1. The quantitative estimate of drug-likeness (QED) is 0.843. The number of nitrogen functional groups attached to an aromatic ring is 1. The molecule has 20 heavy (non-hydrogen) atoms. The minimum absolute atomic E-state index is 0.335. The molecular formula is C16H21N3O. The molecule has 2 atom stereocenters. The summed E-state index contributed by atoms with van der Waals surface area (Å²) >= 11 is 0. The summed E-state index contributed by atoms with van der Waals surface area (Å²) in [5.41, 5.74) is 9.77. The highest BCUT2D eigenvalue weighted by molar-refractivity contribution is 5.93. The van der Waals surface area contributed by atoms with E-state index in [-0.39, 0.29) is 0 Å². The van der Waals surface area contributed by atoms with E-state index < -0.39 is 0 Å². The molecule has 1 fully saturated rings. The molecular weight excluding hydrogens is 250 g/mol. The first-order chi connectivity index (χ1) is 9.63. The lowest BCUT2D eigenvalue weighted by Gasteiger charge is -2.17. The number of nitrogens with two attached hydrogens (primary N) is 1. The summed E-state index contributed by atoms with van der Waals surface area (Å²) in [5.74, 6) is 0.569. The van der Waals surface area contributed by atoms with E-state index >= 15 is 0 Å². The van der Waals surface area contributed by atoms with E-state index in [9.17, 15) is 0 Å². The van der Waals surface area contributed by atoms with Gasteiger partial charge in [-0.15, -0.1) is 0 Å². The Labute approximate surface area is 119 Å². The average Bonchev–Trinajstić information content (AvgIpc) is 2.82. The lowest BCUT2D eigenvalue weighted by Crippen LogP contribution is -2.20. The van der Waals surface area contributed by atoms with E-state index in [4.69, 9.17) is 10.5 Å². The van der Waals surface area contributed by atoms with Gasteiger partial charge in [-0.25, -0.2) is 0 Å². The van der Waals surface area contributed by atoms with Gasteiger partial charge in [0.2, 0.25) is 0 Å². The molecule has 0 saturated carbocycles. The number of rotatable bonds is 3. The molecule has 3 rings (SSSR count). The van der Waals surface area contributed by atoms with Gasteiger partial charge in [0.25, 0.3) is 0 Å². The first kappa shape index (κ1) is 13.2. The fourth-order valence-corrected chi connectivity index (χ4v) is 2.81. The van der Waals surface area contributed by atoms with Crippen molar-refractivity contribution in [3.63, 3.8) is 0 Å². The monoisotopic (exact) mass is 271 g/mol. The van der Waals surface area contributed by atoms with Gasteiger partial charge < -0.3 is 15.8 Å². The molecule has 1 aromatic heterocycles. The van der Waals surface area contributed by atoms with Gasteiger partial charge in [-0.2, -0.15) is 0 Å². The number of nitrogens with zero attached hydrogens (tertiary/aromatic N) is 1. The number of hydrogen-bond donors (Lipinski definition) is 2. The molecule has 2 heterocycles. The summed E-state index contributed by atoms with van der Waals surface area (Å²) in [4.78, 5) is 4.55. The fraction of sp³-hybridized carbons (Fsp3) is 0.438. The normalized spacial score (nSPS) is 22.3. The third kappa shape index (κ3) is 2.56. The molecule has 4 heteroatoms. The van der Waals surface area contributed by atoms with Gasteiger partial charge in [-0.3, -0.25) is 4.98 Å². The van der Waals surface area contributed by atoms with Gasteiger partial charge in [0.1, 0.15) is 0 Å². The van der Waals surface area contributed by atoms with E-state index in [1.807, 2.05) is 25.1 Å². The van der Waals surface area contributed by atoms with Crippen LogP contribution in [0.2, 0.25) is 0 Å². The molecule has 0 radical (unpaired) electrons. The molecule has 1 aliphatic heterocycles. The van der Waals surface area contributed by atoms with Gasteiger partial charge in [0.15, 0.2) is 0 Å². The van der Waals surface area contributed by atoms with Crippen LogP contribution in [0.25, 0.3) is 10.9 Å². The Kier molecular flexibility index (Phi) is 3.49. The van der Waals surface area contributed by atoms with Crippen molar-refractivity contribution < 1.29 is 4.74 Å². The Morgan fingerprint density at radius 1 is 1.40 bits per heavy atom. The van der Waals surface area contributed by atoms with Crippen molar-refractivity contribution in [2.24, 2.45) is 5.92 Å². The van der Waals surface area contributed by atoms with E-state index in [0.29, 0.717) is 12.0 Å². The van der Waals surface area contributed by atoms with Crippen molar-refractivity contribution in [1.29, 1.82) is 0 Å². The predicted molar refractivity (Wildman–Crippen MR) is 82.9 cm³/mol. The van der Waals surface area contributed by atoms with Gasteiger partial charge in [-0.05, 0) is 44.5 Å². The zero-order chi connectivity index (χ0) is 14.1. The Morgan fingerprint density at radius 3 is 3.00 bits per heavy atom. The average molecular weight is 271 g/mol. The molecule has 106 valence electrons. The minimum Gasteiger partial charge on any atom is -0.399 e. The molecule has 2 aromatic rings. The second-order valence-corrected chi connectivity index (χ2v) is 5.59. The summed E-state index contributed by atoms with van der Waals surface area (Å²) in [7, 11) is 0. The van der Waals surface area contributed by atoms with Crippen LogP contribution >= 0.6 is 0 Å². The number of ether oxygens (including phenoxy) is 1. The third-order valence-electron chi connectivity index (χ3n) is 4.05. The van der Waals surface area contributed by atoms with Gasteiger partial charge in [0.05, 0.1) is 11.6 Å². The van der Waals surface area contributed by atoms with Crippen molar-refractivity contribution in [2.45, 2.75) is 26.4 Å². The standard InChI is InChI=1S/C16H21N3O/c1-10-7-16(18-9-12-5-6-20-11(12)2)14-8-13(17)3-4-15(14)19-10/h3-4,7-8,11-12H,5-6,9,17H2,1-2H3,(H,18,19). The lowest BCUT2D eigenvalue weighted by molar-refractivity contribution is 0.108. The maximum absolute atomic E-state index is 5.90. The second kappa shape index (κ2) is 5.29. The zero-order valence-corrected chi connectivity index (χ0v) is 12.0. The molecule has 0 aliphatic carbocycles. The fourth-order valence-electron chi connectivity index (χ4n) is 2.81. The number of nitrogens with one attached hydrogen (secondary N) is 1. The largest absolute Gasteiger partial charge is 0.399 e. The van der Waals surface area contributed by atoms with Crippen molar-refractivity contribution in [3.05, 3.63) is 30.0 Å². The number of fused-ring (bicyclic) bond motifs is 1. The van der Waals surface area contributed by atoms with Crippen LogP contribution in [0.3, 0.4) is 0 Å². The Bertz CT molecular complexity index is 626. The van der Waals surface area contributed by atoms with Crippen LogP contribution in [0.4, 0.5) is 11.4 Å². The summed E-state index contributed by atoms with van der Waals surface area (Å²) in [6.07, 6.45) is 1.46. The minimum atomic E-state index is 0.335. The topological polar surface area (TPSA) is 60.2 Å². The van der Waals surface area contributed by atoms with Crippen LogP contribution in [0.1, 0.15) is 19.0 Å². The second-order valence-electron chi connectivity index (χ2n) is 5.59. The summed E-state index contributed by atoms with van der Waals surface area (Å²) in [6, 6.07) is 7.94. The summed E-state index contributed by atoms with van der Waals surface area (Å²) in [6.45, 7) is 5.96. The molecule has 0 bridgehead atoms. The van der Waals surface area contributed by atoms with Crippen LogP contribution in [-0.2, 0) is 4.74 Å². The highest BCUT2D eigenvalue weighted by atomic mass is 16.5. The maximum Gasteiger partial charge on any atom is 0.0727 e. The van der Waals surface area contributed by atoms with Crippen molar-refractivity contribution in [3.8, 4) is 0 Å². The number of aromatic nitrogens is 1. The first-order valence-corrected chi connectivity index (χ1v) is 7.16. The highest BCUT2D eigenvalue weighted by Gasteiger charge is 2.23. The molecule has 3 N–H and O–H groups in total. The van der Waals surface area contributed by atoms with Crippen molar-refractivity contribution in [2.75, 3.05) is 24.2 Å². The van der Waals surface area contributed by atoms with Crippen molar-refractivity contribution in [1.82, 2.24) is 4.98 Å². The molecule has 2 unspecified atom stereocenters. The van der Waals surface area contributed by atoms with E-state index in [1.54, 1.807) is 0 Å². The van der Waals surface area contributed by atoms with Crippen LogP contribution in [0.15, 0.2) is 24.3 Å². The third-order valence-corrected chi connectivity index (χ3v) is 4.05. The maximum atomic E-state index is 5.90. The van der Waals surface area contributed by atoms with E-state index in [1.165, 1.54) is 0 Å². The first-order valence-electron chi connectivity index (χ1n) is 7.16. The summed E-state index contributed by atoms with van der Waals surface area (Å²) < 4.78 is 5.61. The number of anilines is 2. The van der Waals surface area contributed by atoms with Crippen molar-refractivity contribution >= 4 is 22.3 Å². The molecule has 4 nitrogen and oxygen atoms in total. The SMILES string of the molecule is Cc1cc(NCC2CCOC2C)c2cc(N)ccc2n1. The lowest BCUT2D eigenvalue weighted by atomic mass is 10.0. The highest BCUT2D eigenvalue weighted by Crippen LogP contribution is 2.27. The van der Waals surface area contributed by atoms with Gasteiger partial charge >= 0.3 is 0 Å².